The number of ether oxygens (including phenoxy) is 1. The molecule has 0 unspecified atom stereocenters. The number of fused-ring (bicyclic) bond motifs is 1. The summed E-state index contributed by atoms with van der Waals surface area (Å²) < 4.78 is 43.4. The van der Waals surface area contributed by atoms with Gasteiger partial charge < -0.3 is 10.1 Å². The minimum absolute atomic E-state index is 0.0949. The van der Waals surface area contributed by atoms with E-state index in [1.807, 2.05) is 29.6 Å². The summed E-state index contributed by atoms with van der Waals surface area (Å²) in [7, 11) is 1.58. The summed E-state index contributed by atoms with van der Waals surface area (Å²) in [6, 6.07) is 10.3. The van der Waals surface area contributed by atoms with E-state index in [9.17, 15) is 18.0 Å². The van der Waals surface area contributed by atoms with Gasteiger partial charge in [0.2, 0.25) is 0 Å². The van der Waals surface area contributed by atoms with Crippen LogP contribution in [0.2, 0.25) is 0 Å². The average Bonchev–Trinajstić information content (AvgIpc) is 3.02. The second-order valence-electron chi connectivity index (χ2n) is 5.58. The van der Waals surface area contributed by atoms with Crippen molar-refractivity contribution >= 4 is 11.6 Å². The molecule has 0 spiro atoms. The van der Waals surface area contributed by atoms with Crippen molar-refractivity contribution in [1.29, 1.82) is 0 Å². The fraction of sp³-hybridized carbons (Fsp3) is 0.235. The number of alkyl halides is 3. The van der Waals surface area contributed by atoms with Crippen molar-refractivity contribution in [3.63, 3.8) is 0 Å². The van der Waals surface area contributed by atoms with Gasteiger partial charge in [-0.25, -0.2) is 0 Å². The lowest BCUT2D eigenvalue weighted by Crippen LogP contribution is -2.33. The van der Waals surface area contributed by atoms with Gasteiger partial charge in [0, 0.05) is 12.6 Å². The fourth-order valence-electron chi connectivity index (χ4n) is 2.40. The van der Waals surface area contributed by atoms with Crippen LogP contribution in [0.5, 0.6) is 5.75 Å². The number of benzene rings is 1. The van der Waals surface area contributed by atoms with Crippen molar-refractivity contribution < 1.29 is 22.7 Å². The quantitative estimate of drug-likeness (QED) is 0.756. The normalized spacial score (nSPS) is 11.5. The first kappa shape index (κ1) is 17.7. The maximum absolute atomic E-state index is 12.2. The Bertz CT molecular complexity index is 920. The van der Waals surface area contributed by atoms with E-state index in [-0.39, 0.29) is 5.56 Å². The first-order chi connectivity index (χ1) is 12.4. The minimum atomic E-state index is -4.46. The van der Waals surface area contributed by atoms with E-state index >= 15 is 0 Å². The van der Waals surface area contributed by atoms with Gasteiger partial charge in [0.15, 0.2) is 5.65 Å². The van der Waals surface area contributed by atoms with Crippen molar-refractivity contribution in [2.45, 2.75) is 12.6 Å². The van der Waals surface area contributed by atoms with Gasteiger partial charge in [0.05, 0.1) is 12.7 Å². The van der Waals surface area contributed by atoms with Gasteiger partial charge in [-0.05, 0) is 29.8 Å². The Kier molecular flexibility index (Phi) is 4.79. The lowest BCUT2D eigenvalue weighted by molar-refractivity contribution is -0.123. The summed E-state index contributed by atoms with van der Waals surface area (Å²) in [5.41, 5.74) is 1.55. The van der Waals surface area contributed by atoms with Crippen LogP contribution in [-0.4, -0.2) is 40.3 Å². The molecule has 1 amide bonds. The van der Waals surface area contributed by atoms with E-state index in [1.165, 1.54) is 18.3 Å². The van der Waals surface area contributed by atoms with Gasteiger partial charge >= 0.3 is 6.18 Å². The number of rotatable bonds is 5. The molecule has 3 rings (SSSR count). The molecule has 3 aromatic rings. The highest BCUT2D eigenvalue weighted by molar-refractivity contribution is 5.94. The third kappa shape index (κ3) is 4.11. The molecule has 136 valence electrons. The average molecular weight is 364 g/mol. The van der Waals surface area contributed by atoms with E-state index in [1.54, 1.807) is 11.5 Å². The number of pyridine rings is 1. The van der Waals surface area contributed by atoms with Gasteiger partial charge in [0.1, 0.15) is 18.1 Å². The van der Waals surface area contributed by atoms with Crippen molar-refractivity contribution in [2.24, 2.45) is 0 Å². The minimum Gasteiger partial charge on any atom is -0.497 e. The smallest absolute Gasteiger partial charge is 0.405 e. The number of halogens is 3. The van der Waals surface area contributed by atoms with Gasteiger partial charge in [-0.3, -0.25) is 9.20 Å². The van der Waals surface area contributed by atoms with Crippen molar-refractivity contribution in [1.82, 2.24) is 19.9 Å². The monoisotopic (exact) mass is 364 g/mol. The Balaban J connectivity index is 1.82. The summed E-state index contributed by atoms with van der Waals surface area (Å²) >= 11 is 0. The maximum atomic E-state index is 12.2. The van der Waals surface area contributed by atoms with Crippen LogP contribution in [0, 0.1) is 0 Å². The number of carbonyl (C=O) groups excluding carboxylic acids is 1. The topological polar surface area (TPSA) is 68.5 Å². The third-order valence-corrected chi connectivity index (χ3v) is 3.71. The van der Waals surface area contributed by atoms with Crippen LogP contribution in [0.1, 0.15) is 21.7 Å². The van der Waals surface area contributed by atoms with Gasteiger partial charge in [-0.2, -0.15) is 13.2 Å². The summed E-state index contributed by atoms with van der Waals surface area (Å²) in [5, 5.41) is 9.95. The number of carbonyl (C=O) groups is 1. The van der Waals surface area contributed by atoms with Crippen LogP contribution in [0.15, 0.2) is 42.6 Å². The van der Waals surface area contributed by atoms with Crippen molar-refractivity contribution in [2.75, 3.05) is 13.7 Å². The molecule has 0 aliphatic carbocycles. The fourth-order valence-corrected chi connectivity index (χ4v) is 2.40. The molecule has 6 nitrogen and oxygen atoms in total. The zero-order chi connectivity index (χ0) is 18.7. The Morgan fingerprint density at radius 3 is 2.54 bits per heavy atom. The van der Waals surface area contributed by atoms with E-state index in [0.29, 0.717) is 17.9 Å². The molecule has 9 heteroatoms. The molecule has 26 heavy (non-hydrogen) atoms. The highest BCUT2D eigenvalue weighted by atomic mass is 19.4. The number of amides is 1. The molecule has 0 saturated carbocycles. The second kappa shape index (κ2) is 7.03. The number of nitrogens with zero attached hydrogens (tertiary/aromatic N) is 3. The van der Waals surface area contributed by atoms with Crippen LogP contribution in [0.25, 0.3) is 5.65 Å². The van der Waals surface area contributed by atoms with Crippen LogP contribution >= 0.6 is 0 Å². The lowest BCUT2D eigenvalue weighted by Gasteiger charge is -2.09. The molecule has 0 radical (unpaired) electrons. The molecule has 2 aromatic heterocycles. The van der Waals surface area contributed by atoms with E-state index < -0.39 is 18.6 Å². The first-order valence-electron chi connectivity index (χ1n) is 7.67. The molecular formula is C17H15F3N4O2. The lowest BCUT2D eigenvalue weighted by atomic mass is 10.1. The second-order valence-corrected chi connectivity index (χ2v) is 5.58. The maximum Gasteiger partial charge on any atom is 0.405 e. The molecule has 0 atom stereocenters. The van der Waals surface area contributed by atoms with Crippen molar-refractivity contribution in [3.8, 4) is 5.75 Å². The van der Waals surface area contributed by atoms with Gasteiger partial charge in [-0.1, -0.05) is 12.1 Å². The number of nitrogens with one attached hydrogen (secondary N) is 1. The first-order valence-corrected chi connectivity index (χ1v) is 7.67. The Labute approximate surface area is 146 Å². The van der Waals surface area contributed by atoms with Gasteiger partial charge in [-0.15, -0.1) is 10.2 Å². The molecule has 0 aliphatic heterocycles. The molecule has 0 aliphatic rings. The molecule has 2 heterocycles. The number of hydrogen-bond acceptors (Lipinski definition) is 4. The SMILES string of the molecule is COc1ccc(Cc2nnc3ccc(C(=O)NCC(F)(F)F)cn23)cc1. The molecular weight excluding hydrogens is 349 g/mol. The number of hydrogen-bond donors (Lipinski definition) is 1. The van der Waals surface area contributed by atoms with Crippen LogP contribution in [0.3, 0.4) is 0 Å². The largest absolute Gasteiger partial charge is 0.497 e. The predicted molar refractivity (Wildman–Crippen MR) is 87.2 cm³/mol. The zero-order valence-electron chi connectivity index (χ0n) is 13.7. The van der Waals surface area contributed by atoms with Gasteiger partial charge in [0.25, 0.3) is 5.91 Å². The number of aromatic nitrogens is 3. The van der Waals surface area contributed by atoms with E-state index in [2.05, 4.69) is 10.2 Å². The summed E-state index contributed by atoms with van der Waals surface area (Å²) in [6.45, 7) is -1.38. The van der Waals surface area contributed by atoms with Crippen LogP contribution in [0.4, 0.5) is 13.2 Å². The van der Waals surface area contributed by atoms with E-state index in [0.717, 1.165) is 11.3 Å². The zero-order valence-corrected chi connectivity index (χ0v) is 13.7. The third-order valence-electron chi connectivity index (χ3n) is 3.71. The summed E-state index contributed by atoms with van der Waals surface area (Å²) in [6.07, 6.45) is -2.59. The molecule has 1 N–H and O–H groups in total. The predicted octanol–water partition coefficient (Wildman–Crippen LogP) is 2.62. The van der Waals surface area contributed by atoms with Crippen molar-refractivity contribution in [3.05, 3.63) is 59.5 Å². The Morgan fingerprint density at radius 1 is 1.15 bits per heavy atom. The molecule has 1 aromatic carbocycles. The van der Waals surface area contributed by atoms with Crippen LogP contribution in [-0.2, 0) is 6.42 Å². The number of methoxy groups -OCH3 is 1. The summed E-state index contributed by atoms with van der Waals surface area (Å²) in [4.78, 5) is 11.9. The molecule has 0 saturated heterocycles. The highest BCUT2D eigenvalue weighted by Crippen LogP contribution is 2.16. The standard InChI is InChI=1S/C17H15F3N4O2/c1-26-13-5-2-11(3-6-13)8-15-23-22-14-7-4-12(9-24(14)15)16(25)21-10-17(18,19)20/h2-7,9H,8,10H2,1H3,(H,21,25). The van der Waals surface area contributed by atoms with Crippen LogP contribution < -0.4 is 10.1 Å². The Hall–Kier alpha value is -3.10. The Morgan fingerprint density at radius 2 is 1.88 bits per heavy atom. The van der Waals surface area contributed by atoms with E-state index in [4.69, 9.17) is 4.74 Å². The molecule has 0 fully saturated rings. The highest BCUT2D eigenvalue weighted by Gasteiger charge is 2.28. The summed E-state index contributed by atoms with van der Waals surface area (Å²) in [5.74, 6) is 0.479. The molecule has 0 bridgehead atoms.